The van der Waals surface area contributed by atoms with E-state index in [9.17, 15) is 24.3 Å². The van der Waals surface area contributed by atoms with Gasteiger partial charge in [-0.25, -0.2) is 28.6 Å². The highest BCUT2D eigenvalue weighted by Crippen LogP contribution is 2.24. The Labute approximate surface area is 231 Å². The summed E-state index contributed by atoms with van der Waals surface area (Å²) in [4.78, 5) is 56.5. The van der Waals surface area contributed by atoms with E-state index < -0.39 is 23.7 Å². The van der Waals surface area contributed by atoms with Crippen molar-refractivity contribution in [3.63, 3.8) is 0 Å². The number of benzene rings is 1. The number of aromatic nitrogens is 3. The third kappa shape index (κ3) is 6.05. The van der Waals surface area contributed by atoms with E-state index >= 15 is 0 Å². The lowest BCUT2D eigenvalue weighted by Gasteiger charge is -2.20. The minimum absolute atomic E-state index is 0.0251. The Balaban J connectivity index is 1.95. The first kappa shape index (κ1) is 28.5. The minimum atomic E-state index is -1.36. The number of carboxylic acid groups (broad SMARTS) is 1. The van der Waals surface area contributed by atoms with E-state index in [1.807, 2.05) is 6.92 Å². The molecule has 4 rings (SSSR count). The molecule has 0 saturated heterocycles. The van der Waals surface area contributed by atoms with Crippen LogP contribution in [-0.4, -0.2) is 66.4 Å². The molecule has 2 N–H and O–H groups in total. The van der Waals surface area contributed by atoms with Gasteiger partial charge in [-0.2, -0.15) is 5.10 Å². The smallest absolute Gasteiger partial charge is 0.421 e. The van der Waals surface area contributed by atoms with Gasteiger partial charge in [-0.15, -0.1) is 0 Å². The maximum Gasteiger partial charge on any atom is 0.421 e. The second kappa shape index (κ2) is 10.9. The standard InChI is InChI=1S/C28H34N6O6/c1-7-12-32(26(37)38)25(36)20-14-34-22(17(20)3)23(33(15-29-34)27(39)40-28(4,5)6)31-21-13-18(9-8-16(21)2)24(35)30-19-10-11-19/h8-9,13-15,19H,7,10-12H2,1-6H3,(H,30,35)(H,37,38)/b31-23-. The Bertz CT molecular complexity index is 1570. The molecule has 1 aromatic carbocycles. The predicted molar refractivity (Wildman–Crippen MR) is 146 cm³/mol. The molecule has 2 aromatic heterocycles. The normalized spacial score (nSPS) is 13.8. The zero-order valence-electron chi connectivity index (χ0n) is 23.5. The summed E-state index contributed by atoms with van der Waals surface area (Å²) < 4.78 is 8.11. The number of carbonyl (C=O) groups excluding carboxylic acids is 3. The summed E-state index contributed by atoms with van der Waals surface area (Å²) in [6.45, 7) is 10.5. The van der Waals surface area contributed by atoms with Gasteiger partial charge >= 0.3 is 12.2 Å². The fourth-order valence-corrected chi connectivity index (χ4v) is 4.12. The second-order valence-electron chi connectivity index (χ2n) is 10.9. The molecule has 1 aliphatic rings. The van der Waals surface area contributed by atoms with Crippen LogP contribution in [0.25, 0.3) is 5.52 Å². The van der Waals surface area contributed by atoms with Gasteiger partial charge < -0.3 is 15.2 Å². The first-order valence-corrected chi connectivity index (χ1v) is 13.1. The van der Waals surface area contributed by atoms with E-state index in [0.29, 0.717) is 28.8 Å². The number of hydrogen-bond donors (Lipinski definition) is 2. The van der Waals surface area contributed by atoms with Crippen molar-refractivity contribution in [2.45, 2.75) is 72.4 Å². The Morgan fingerprint density at radius 2 is 1.90 bits per heavy atom. The number of aryl methyl sites for hydroxylation is 2. The zero-order chi connectivity index (χ0) is 29.4. The fourth-order valence-electron chi connectivity index (χ4n) is 4.12. The molecule has 0 atom stereocenters. The third-order valence-corrected chi connectivity index (χ3v) is 6.33. The Morgan fingerprint density at radius 3 is 2.50 bits per heavy atom. The molecule has 212 valence electrons. The summed E-state index contributed by atoms with van der Waals surface area (Å²) in [7, 11) is 0. The molecular weight excluding hydrogens is 516 g/mol. The van der Waals surface area contributed by atoms with Crippen LogP contribution in [0.5, 0.6) is 0 Å². The van der Waals surface area contributed by atoms with Crippen molar-refractivity contribution in [2.24, 2.45) is 4.99 Å². The largest absolute Gasteiger partial charge is 0.465 e. The highest BCUT2D eigenvalue weighted by atomic mass is 16.6. The van der Waals surface area contributed by atoms with Crippen LogP contribution in [0.4, 0.5) is 15.3 Å². The van der Waals surface area contributed by atoms with Crippen molar-refractivity contribution in [2.75, 3.05) is 6.54 Å². The number of amides is 3. The number of rotatable bonds is 6. The zero-order valence-corrected chi connectivity index (χ0v) is 23.5. The van der Waals surface area contributed by atoms with E-state index in [0.717, 1.165) is 27.9 Å². The van der Waals surface area contributed by atoms with Gasteiger partial charge in [0.05, 0.1) is 11.3 Å². The van der Waals surface area contributed by atoms with Crippen molar-refractivity contribution in [3.8, 4) is 0 Å². The summed E-state index contributed by atoms with van der Waals surface area (Å²) in [6, 6.07) is 5.30. The topological polar surface area (TPSA) is 148 Å². The number of imide groups is 1. The number of ether oxygens (including phenoxy) is 1. The molecule has 1 saturated carbocycles. The summed E-state index contributed by atoms with van der Waals surface area (Å²) in [5.74, 6) is -0.919. The molecule has 0 unspecified atom stereocenters. The maximum absolute atomic E-state index is 13.3. The first-order valence-electron chi connectivity index (χ1n) is 13.1. The van der Waals surface area contributed by atoms with E-state index in [1.165, 1.54) is 17.0 Å². The third-order valence-electron chi connectivity index (χ3n) is 6.33. The molecule has 2 heterocycles. The minimum Gasteiger partial charge on any atom is -0.465 e. The Hall–Kier alpha value is -4.48. The summed E-state index contributed by atoms with van der Waals surface area (Å²) in [5.41, 5.74) is 1.70. The van der Waals surface area contributed by atoms with Gasteiger partial charge in [0.25, 0.3) is 11.8 Å². The van der Waals surface area contributed by atoms with Crippen LogP contribution >= 0.6 is 0 Å². The van der Waals surface area contributed by atoms with Crippen LogP contribution in [0.1, 0.15) is 78.8 Å². The van der Waals surface area contributed by atoms with Crippen molar-refractivity contribution in [1.29, 1.82) is 0 Å². The van der Waals surface area contributed by atoms with Crippen molar-refractivity contribution in [1.82, 2.24) is 24.4 Å². The molecule has 12 heteroatoms. The number of carbonyl (C=O) groups is 4. The van der Waals surface area contributed by atoms with Gasteiger partial charge in [0.15, 0.2) is 5.49 Å². The molecule has 0 aliphatic heterocycles. The van der Waals surface area contributed by atoms with E-state index in [4.69, 9.17) is 9.73 Å². The van der Waals surface area contributed by atoms with Gasteiger partial charge in [-0.3, -0.25) is 9.59 Å². The lowest BCUT2D eigenvalue weighted by atomic mass is 10.1. The van der Waals surface area contributed by atoms with Gasteiger partial charge in [0.2, 0.25) is 0 Å². The first-order chi connectivity index (χ1) is 18.8. The molecule has 0 bridgehead atoms. The summed E-state index contributed by atoms with van der Waals surface area (Å²) >= 11 is 0. The molecule has 12 nitrogen and oxygen atoms in total. The molecular formula is C28H34N6O6. The van der Waals surface area contributed by atoms with Gasteiger partial charge in [-0.1, -0.05) is 13.0 Å². The van der Waals surface area contributed by atoms with E-state index in [2.05, 4.69) is 10.4 Å². The van der Waals surface area contributed by atoms with Crippen molar-refractivity contribution >= 4 is 35.2 Å². The molecule has 1 aliphatic carbocycles. The lowest BCUT2D eigenvalue weighted by Crippen LogP contribution is -2.36. The summed E-state index contributed by atoms with van der Waals surface area (Å²) in [6.07, 6.45) is 2.90. The number of fused-ring (bicyclic) bond motifs is 1. The SMILES string of the molecule is CCCN(C(=O)O)C(=O)c1cn2ncn(C(=O)OC(C)(C)C)/c(=N\c3cc(C(=O)NC4CC4)ccc3C)c2c1C. The fraction of sp³-hybridized carbons (Fsp3) is 0.429. The molecule has 0 spiro atoms. The average Bonchev–Trinajstić information content (AvgIpc) is 3.62. The molecule has 40 heavy (non-hydrogen) atoms. The number of nitrogens with zero attached hydrogens (tertiary/aromatic N) is 5. The van der Waals surface area contributed by atoms with Crippen LogP contribution in [0.2, 0.25) is 0 Å². The quantitative estimate of drug-likeness (QED) is 0.468. The lowest BCUT2D eigenvalue weighted by molar-refractivity contribution is 0.0526. The van der Waals surface area contributed by atoms with Gasteiger partial charge in [-0.05, 0) is 77.1 Å². The van der Waals surface area contributed by atoms with Crippen LogP contribution in [0, 0.1) is 13.8 Å². The van der Waals surface area contributed by atoms with Crippen LogP contribution in [-0.2, 0) is 4.74 Å². The van der Waals surface area contributed by atoms with E-state index in [1.54, 1.807) is 52.8 Å². The molecule has 3 aromatic rings. The van der Waals surface area contributed by atoms with Gasteiger partial charge in [0, 0.05) is 24.3 Å². The van der Waals surface area contributed by atoms with Crippen LogP contribution in [0.15, 0.2) is 35.7 Å². The number of nitrogens with one attached hydrogen (secondary N) is 1. The molecule has 3 amide bonds. The highest BCUT2D eigenvalue weighted by molar-refractivity contribution is 6.04. The number of hydrogen-bond acceptors (Lipinski definition) is 7. The van der Waals surface area contributed by atoms with Crippen molar-refractivity contribution in [3.05, 3.63) is 58.5 Å². The average molecular weight is 551 g/mol. The monoisotopic (exact) mass is 550 g/mol. The Kier molecular flexibility index (Phi) is 7.81. The summed E-state index contributed by atoms with van der Waals surface area (Å²) in [5, 5.41) is 16.9. The predicted octanol–water partition coefficient (Wildman–Crippen LogP) is 4.19. The highest BCUT2D eigenvalue weighted by Gasteiger charge is 2.28. The van der Waals surface area contributed by atoms with Crippen LogP contribution < -0.4 is 10.8 Å². The molecule has 1 fully saturated rings. The van der Waals surface area contributed by atoms with Crippen molar-refractivity contribution < 1.29 is 29.0 Å². The van der Waals surface area contributed by atoms with E-state index in [-0.39, 0.29) is 29.5 Å². The second-order valence-corrected chi connectivity index (χ2v) is 10.9. The maximum atomic E-state index is 13.3. The molecule has 0 radical (unpaired) electrons. The van der Waals surface area contributed by atoms with Crippen LogP contribution in [0.3, 0.4) is 0 Å². The van der Waals surface area contributed by atoms with Gasteiger partial charge in [0.1, 0.15) is 17.4 Å². The Morgan fingerprint density at radius 1 is 1.20 bits per heavy atom.